The molecule has 0 aromatic heterocycles. The molecule has 0 atom stereocenters. The second kappa shape index (κ2) is 11.2. The number of nitrogens with zero attached hydrogens (tertiary/aromatic N) is 1. The van der Waals surface area contributed by atoms with Crippen molar-refractivity contribution in [2.45, 2.75) is 13.2 Å². The van der Waals surface area contributed by atoms with Gasteiger partial charge in [-0.05, 0) is 46.2 Å². The molecule has 1 N–H and O–H groups in total. The summed E-state index contributed by atoms with van der Waals surface area (Å²) >= 11 is 0. The number of hydrogen-bond acceptors (Lipinski definition) is 4. The molecule has 4 aromatic carbocycles. The summed E-state index contributed by atoms with van der Waals surface area (Å²) < 4.78 is 32.1. The molecule has 0 radical (unpaired) electrons. The number of carbonyl (C=O) groups excluding carboxylic acids is 1. The predicted molar refractivity (Wildman–Crippen MR) is 140 cm³/mol. The summed E-state index contributed by atoms with van der Waals surface area (Å²) in [5, 5.41) is 4.86. The van der Waals surface area contributed by atoms with Crippen molar-refractivity contribution < 1.29 is 17.9 Å². The molecule has 1 amide bonds. The van der Waals surface area contributed by atoms with Crippen LogP contribution in [0.5, 0.6) is 0 Å². The molecule has 0 saturated carbocycles. The molecule has 4 aromatic rings. The average molecular weight is 489 g/mol. The lowest BCUT2D eigenvalue weighted by atomic mass is 10.1. The van der Waals surface area contributed by atoms with Crippen LogP contribution < -0.4 is 9.62 Å². The Kier molecular flexibility index (Phi) is 7.80. The number of amides is 1. The molecule has 4 rings (SSSR count). The number of nitrogens with one attached hydrogen (secondary N) is 1. The maximum Gasteiger partial charge on any atom is 0.251 e. The SMILES string of the molecule is CS(=O)(=O)N(Cc1ccc(C(=O)NCCOCc2ccccc2)cc1)c1ccc2ccccc2c1. The second-order valence-corrected chi connectivity index (χ2v) is 10.2. The van der Waals surface area contributed by atoms with E-state index >= 15 is 0 Å². The summed E-state index contributed by atoms with van der Waals surface area (Å²) in [7, 11) is -3.51. The van der Waals surface area contributed by atoms with E-state index in [1.807, 2.05) is 72.8 Å². The Morgan fingerprint density at radius 3 is 2.23 bits per heavy atom. The molecule has 0 spiro atoms. The topological polar surface area (TPSA) is 75.7 Å². The molecule has 0 unspecified atom stereocenters. The molecular formula is C28H28N2O4S. The van der Waals surface area contributed by atoms with Gasteiger partial charge in [-0.2, -0.15) is 0 Å². The lowest BCUT2D eigenvalue weighted by molar-refractivity contribution is 0.0901. The molecule has 0 fully saturated rings. The largest absolute Gasteiger partial charge is 0.375 e. The third kappa shape index (κ3) is 6.68. The Bertz CT molecular complexity index is 1390. The number of carbonyl (C=O) groups is 1. The molecule has 0 saturated heterocycles. The van der Waals surface area contributed by atoms with Crippen LogP contribution in [-0.2, 0) is 27.9 Å². The first kappa shape index (κ1) is 24.4. The van der Waals surface area contributed by atoms with E-state index in [9.17, 15) is 13.2 Å². The Labute approximate surface area is 206 Å². The molecule has 0 aliphatic heterocycles. The molecule has 7 heteroatoms. The summed E-state index contributed by atoms with van der Waals surface area (Å²) in [5.41, 5.74) is 2.98. The standard InChI is InChI=1S/C28H28N2O4S/c1-35(32,33)30(27-16-15-24-9-5-6-10-26(24)19-27)20-22-11-13-25(14-12-22)28(31)29-17-18-34-21-23-7-3-2-4-8-23/h2-16,19H,17-18,20-21H2,1H3,(H,29,31). The second-order valence-electron chi connectivity index (χ2n) is 8.29. The van der Waals surface area contributed by atoms with Crippen molar-refractivity contribution in [2.24, 2.45) is 0 Å². The minimum atomic E-state index is -3.51. The fraction of sp³-hybridized carbons (Fsp3) is 0.179. The Morgan fingerprint density at radius 1 is 0.829 bits per heavy atom. The van der Waals surface area contributed by atoms with E-state index in [-0.39, 0.29) is 12.5 Å². The van der Waals surface area contributed by atoms with Crippen LogP contribution in [0.2, 0.25) is 0 Å². The van der Waals surface area contributed by atoms with Crippen molar-refractivity contribution in [1.82, 2.24) is 5.32 Å². The quantitative estimate of drug-likeness (QED) is 0.327. The molecule has 0 aliphatic carbocycles. The zero-order chi connectivity index (χ0) is 24.7. The maximum absolute atomic E-state index is 12.6. The number of ether oxygens (including phenoxy) is 1. The lowest BCUT2D eigenvalue weighted by Crippen LogP contribution is -2.29. The molecule has 180 valence electrons. The van der Waals surface area contributed by atoms with E-state index in [0.29, 0.717) is 31.0 Å². The summed E-state index contributed by atoms with van der Waals surface area (Å²) in [6, 6.07) is 30.2. The van der Waals surface area contributed by atoms with Crippen molar-refractivity contribution in [1.29, 1.82) is 0 Å². The Hall–Kier alpha value is -3.68. The molecule has 0 bridgehead atoms. The molecular weight excluding hydrogens is 460 g/mol. The molecule has 35 heavy (non-hydrogen) atoms. The maximum atomic E-state index is 12.6. The Morgan fingerprint density at radius 2 is 1.51 bits per heavy atom. The summed E-state index contributed by atoms with van der Waals surface area (Å²) in [4.78, 5) is 12.4. The van der Waals surface area contributed by atoms with Crippen molar-refractivity contribution >= 4 is 32.4 Å². The van der Waals surface area contributed by atoms with Gasteiger partial charge in [0.05, 0.1) is 31.7 Å². The number of fused-ring (bicyclic) bond motifs is 1. The van der Waals surface area contributed by atoms with Crippen LogP contribution in [0.25, 0.3) is 10.8 Å². The number of sulfonamides is 1. The zero-order valence-corrected chi connectivity index (χ0v) is 20.4. The van der Waals surface area contributed by atoms with E-state index in [0.717, 1.165) is 21.9 Å². The highest BCUT2D eigenvalue weighted by molar-refractivity contribution is 7.92. The van der Waals surface area contributed by atoms with Gasteiger partial charge in [0.15, 0.2) is 0 Å². The average Bonchev–Trinajstić information content (AvgIpc) is 2.87. The van der Waals surface area contributed by atoms with Crippen molar-refractivity contribution in [3.05, 3.63) is 114 Å². The van der Waals surface area contributed by atoms with Gasteiger partial charge in [0, 0.05) is 12.1 Å². The van der Waals surface area contributed by atoms with Gasteiger partial charge in [0.1, 0.15) is 0 Å². The predicted octanol–water partition coefficient (Wildman–Crippen LogP) is 4.75. The van der Waals surface area contributed by atoms with E-state index in [1.165, 1.54) is 10.6 Å². The van der Waals surface area contributed by atoms with Crippen LogP contribution in [0, 0.1) is 0 Å². The van der Waals surface area contributed by atoms with E-state index in [1.54, 1.807) is 24.3 Å². The van der Waals surface area contributed by atoms with Gasteiger partial charge in [0.2, 0.25) is 10.0 Å². The van der Waals surface area contributed by atoms with Gasteiger partial charge in [0.25, 0.3) is 5.91 Å². The van der Waals surface area contributed by atoms with Gasteiger partial charge < -0.3 is 10.1 Å². The zero-order valence-electron chi connectivity index (χ0n) is 19.6. The smallest absolute Gasteiger partial charge is 0.251 e. The van der Waals surface area contributed by atoms with Gasteiger partial charge in [-0.1, -0.05) is 72.8 Å². The molecule has 0 aliphatic rings. The first-order valence-electron chi connectivity index (χ1n) is 11.4. The van der Waals surface area contributed by atoms with E-state index < -0.39 is 10.0 Å². The minimum Gasteiger partial charge on any atom is -0.375 e. The van der Waals surface area contributed by atoms with Gasteiger partial charge in [-0.3, -0.25) is 9.10 Å². The minimum absolute atomic E-state index is 0.173. The number of hydrogen-bond donors (Lipinski definition) is 1. The summed E-state index contributed by atoms with van der Waals surface area (Å²) in [6.45, 7) is 1.48. The first-order chi connectivity index (χ1) is 16.9. The van der Waals surface area contributed by atoms with Gasteiger partial charge in [-0.15, -0.1) is 0 Å². The molecule has 0 heterocycles. The van der Waals surface area contributed by atoms with Crippen LogP contribution in [0.3, 0.4) is 0 Å². The van der Waals surface area contributed by atoms with Crippen LogP contribution >= 0.6 is 0 Å². The van der Waals surface area contributed by atoms with Crippen LogP contribution in [-0.4, -0.2) is 33.7 Å². The highest BCUT2D eigenvalue weighted by Gasteiger charge is 2.18. The van der Waals surface area contributed by atoms with E-state index in [2.05, 4.69) is 5.32 Å². The van der Waals surface area contributed by atoms with E-state index in [4.69, 9.17) is 4.74 Å². The van der Waals surface area contributed by atoms with Crippen LogP contribution in [0.4, 0.5) is 5.69 Å². The highest BCUT2D eigenvalue weighted by Crippen LogP contribution is 2.25. The Balaban J connectivity index is 1.35. The number of benzene rings is 4. The fourth-order valence-corrected chi connectivity index (χ4v) is 4.64. The number of anilines is 1. The third-order valence-corrected chi connectivity index (χ3v) is 6.75. The van der Waals surface area contributed by atoms with Gasteiger partial charge >= 0.3 is 0 Å². The third-order valence-electron chi connectivity index (χ3n) is 5.61. The fourth-order valence-electron chi connectivity index (χ4n) is 3.76. The first-order valence-corrected chi connectivity index (χ1v) is 13.2. The van der Waals surface area contributed by atoms with Gasteiger partial charge in [-0.25, -0.2) is 8.42 Å². The van der Waals surface area contributed by atoms with Crippen LogP contribution in [0.15, 0.2) is 97.1 Å². The highest BCUT2D eigenvalue weighted by atomic mass is 32.2. The monoisotopic (exact) mass is 488 g/mol. The molecule has 6 nitrogen and oxygen atoms in total. The van der Waals surface area contributed by atoms with Crippen molar-refractivity contribution in [3.8, 4) is 0 Å². The summed E-state index contributed by atoms with van der Waals surface area (Å²) in [6.07, 6.45) is 1.20. The lowest BCUT2D eigenvalue weighted by Gasteiger charge is -2.23. The summed E-state index contributed by atoms with van der Waals surface area (Å²) in [5.74, 6) is -0.200. The van der Waals surface area contributed by atoms with Crippen molar-refractivity contribution in [3.63, 3.8) is 0 Å². The van der Waals surface area contributed by atoms with Crippen molar-refractivity contribution in [2.75, 3.05) is 23.7 Å². The normalized spacial score (nSPS) is 11.3. The van der Waals surface area contributed by atoms with Crippen LogP contribution in [0.1, 0.15) is 21.5 Å². The number of rotatable bonds is 10.